The largest absolute Gasteiger partial charge is 0.504 e. The van der Waals surface area contributed by atoms with Crippen molar-refractivity contribution in [1.82, 2.24) is 0 Å². The standard InChI is InChI=1S/C15H18N2O4/c16-10-2-4-12(18)14(8-10)20-6-1-7-21-15-9-11(17)3-5-13(15)19/h2-5,8-9,18-19H,1,6-7,16-17H2. The number of rotatable bonds is 6. The Morgan fingerprint density at radius 2 is 1.19 bits per heavy atom. The number of hydrogen-bond donors (Lipinski definition) is 4. The smallest absolute Gasteiger partial charge is 0.162 e. The van der Waals surface area contributed by atoms with Crippen molar-refractivity contribution < 1.29 is 19.7 Å². The van der Waals surface area contributed by atoms with E-state index >= 15 is 0 Å². The van der Waals surface area contributed by atoms with Gasteiger partial charge in [0.25, 0.3) is 0 Å². The van der Waals surface area contributed by atoms with Gasteiger partial charge >= 0.3 is 0 Å². The van der Waals surface area contributed by atoms with Crippen molar-refractivity contribution in [2.24, 2.45) is 0 Å². The van der Waals surface area contributed by atoms with Crippen LogP contribution in [0, 0.1) is 0 Å². The van der Waals surface area contributed by atoms with Gasteiger partial charge in [0, 0.05) is 29.9 Å². The van der Waals surface area contributed by atoms with Crippen molar-refractivity contribution in [3.05, 3.63) is 36.4 Å². The van der Waals surface area contributed by atoms with Gasteiger partial charge in [0.1, 0.15) is 0 Å². The number of ether oxygens (including phenoxy) is 2. The van der Waals surface area contributed by atoms with Gasteiger partial charge in [-0.3, -0.25) is 0 Å². The van der Waals surface area contributed by atoms with E-state index in [1.807, 2.05) is 0 Å². The first-order chi connectivity index (χ1) is 10.1. The zero-order chi connectivity index (χ0) is 15.2. The van der Waals surface area contributed by atoms with Gasteiger partial charge in [-0.25, -0.2) is 0 Å². The minimum atomic E-state index is 0.0404. The molecule has 0 fully saturated rings. The summed E-state index contributed by atoms with van der Waals surface area (Å²) in [6.45, 7) is 0.695. The molecule has 0 aromatic heterocycles. The van der Waals surface area contributed by atoms with E-state index in [-0.39, 0.29) is 11.5 Å². The van der Waals surface area contributed by atoms with Crippen LogP contribution in [0.1, 0.15) is 6.42 Å². The zero-order valence-corrected chi connectivity index (χ0v) is 11.5. The van der Waals surface area contributed by atoms with E-state index in [9.17, 15) is 10.2 Å². The second kappa shape index (κ2) is 6.60. The lowest BCUT2D eigenvalue weighted by Crippen LogP contribution is -2.05. The van der Waals surface area contributed by atoms with Crippen LogP contribution in [0.2, 0.25) is 0 Å². The number of nitrogen functional groups attached to an aromatic ring is 2. The Morgan fingerprint density at radius 1 is 0.762 bits per heavy atom. The maximum atomic E-state index is 9.58. The molecule has 6 nitrogen and oxygen atoms in total. The molecule has 2 rings (SSSR count). The molecule has 112 valence electrons. The Morgan fingerprint density at radius 3 is 1.62 bits per heavy atom. The summed E-state index contributed by atoms with van der Waals surface area (Å²) in [6.07, 6.45) is 0.572. The molecule has 21 heavy (non-hydrogen) atoms. The zero-order valence-electron chi connectivity index (χ0n) is 11.5. The quantitative estimate of drug-likeness (QED) is 0.368. The van der Waals surface area contributed by atoms with Gasteiger partial charge in [-0.15, -0.1) is 0 Å². The Balaban J connectivity index is 1.77. The first-order valence-electron chi connectivity index (χ1n) is 6.49. The highest BCUT2D eigenvalue weighted by Crippen LogP contribution is 2.29. The van der Waals surface area contributed by atoms with E-state index in [2.05, 4.69) is 0 Å². The number of phenols is 2. The molecule has 0 aliphatic heterocycles. The van der Waals surface area contributed by atoms with Crippen molar-refractivity contribution in [2.75, 3.05) is 24.7 Å². The minimum absolute atomic E-state index is 0.0404. The monoisotopic (exact) mass is 290 g/mol. The summed E-state index contributed by atoms with van der Waals surface area (Å²) in [5, 5.41) is 19.2. The maximum absolute atomic E-state index is 9.58. The molecule has 0 saturated carbocycles. The number of anilines is 2. The van der Waals surface area contributed by atoms with Crippen LogP contribution in [-0.2, 0) is 0 Å². The summed E-state index contributed by atoms with van der Waals surface area (Å²) < 4.78 is 10.8. The molecule has 0 atom stereocenters. The topological polar surface area (TPSA) is 111 Å². The first-order valence-corrected chi connectivity index (χ1v) is 6.49. The number of nitrogens with two attached hydrogens (primary N) is 2. The lowest BCUT2D eigenvalue weighted by Gasteiger charge is -2.10. The van der Waals surface area contributed by atoms with Crippen LogP contribution in [0.3, 0.4) is 0 Å². The van der Waals surface area contributed by atoms with Crippen LogP contribution < -0.4 is 20.9 Å². The van der Waals surface area contributed by atoms with Gasteiger partial charge in [-0.2, -0.15) is 0 Å². The van der Waals surface area contributed by atoms with Gasteiger partial charge in [0.15, 0.2) is 23.0 Å². The lowest BCUT2D eigenvalue weighted by atomic mass is 10.3. The Labute approximate surface area is 122 Å². The summed E-state index contributed by atoms with van der Waals surface area (Å²) >= 11 is 0. The maximum Gasteiger partial charge on any atom is 0.162 e. The molecule has 2 aromatic rings. The number of benzene rings is 2. The van der Waals surface area contributed by atoms with Crippen molar-refractivity contribution in [3.8, 4) is 23.0 Å². The van der Waals surface area contributed by atoms with Crippen molar-refractivity contribution in [1.29, 1.82) is 0 Å². The molecular formula is C15H18N2O4. The first kappa shape index (κ1) is 14.6. The van der Waals surface area contributed by atoms with Crippen LogP contribution in [0.15, 0.2) is 36.4 Å². The number of aromatic hydroxyl groups is 2. The predicted octanol–water partition coefficient (Wildman–Crippen LogP) is 2.11. The van der Waals surface area contributed by atoms with Gasteiger partial charge in [-0.1, -0.05) is 0 Å². The Kier molecular flexibility index (Phi) is 4.61. The van der Waals surface area contributed by atoms with E-state index in [1.54, 1.807) is 24.3 Å². The predicted molar refractivity (Wildman–Crippen MR) is 80.6 cm³/mol. The summed E-state index contributed by atoms with van der Waals surface area (Å²) in [5.74, 6) is 0.751. The molecule has 2 aromatic carbocycles. The molecule has 0 unspecified atom stereocenters. The van der Waals surface area contributed by atoms with Crippen LogP contribution in [-0.4, -0.2) is 23.4 Å². The second-order valence-electron chi connectivity index (χ2n) is 4.50. The van der Waals surface area contributed by atoms with Gasteiger partial charge in [-0.05, 0) is 24.3 Å². The van der Waals surface area contributed by atoms with E-state index in [0.29, 0.717) is 42.5 Å². The third kappa shape index (κ3) is 4.10. The molecule has 0 radical (unpaired) electrons. The fourth-order valence-corrected chi connectivity index (χ4v) is 1.72. The van der Waals surface area contributed by atoms with E-state index in [4.69, 9.17) is 20.9 Å². The Bertz CT molecular complexity index is 563. The Hall–Kier alpha value is -2.76. The van der Waals surface area contributed by atoms with Crippen molar-refractivity contribution in [3.63, 3.8) is 0 Å². The molecule has 0 heterocycles. The molecule has 0 spiro atoms. The highest BCUT2D eigenvalue weighted by atomic mass is 16.5. The summed E-state index contributed by atoms with van der Waals surface area (Å²) in [4.78, 5) is 0. The summed E-state index contributed by atoms with van der Waals surface area (Å²) in [7, 11) is 0. The van der Waals surface area contributed by atoms with Crippen molar-refractivity contribution >= 4 is 11.4 Å². The van der Waals surface area contributed by atoms with E-state index in [0.717, 1.165) is 0 Å². The van der Waals surface area contributed by atoms with Crippen LogP contribution in [0.5, 0.6) is 23.0 Å². The SMILES string of the molecule is Nc1ccc(O)c(OCCCOc2cc(N)ccc2O)c1. The highest BCUT2D eigenvalue weighted by molar-refractivity contribution is 5.52. The third-order valence-electron chi connectivity index (χ3n) is 2.77. The summed E-state index contributed by atoms with van der Waals surface area (Å²) in [6, 6.07) is 9.25. The van der Waals surface area contributed by atoms with Crippen LogP contribution in [0.25, 0.3) is 0 Å². The van der Waals surface area contributed by atoms with Crippen LogP contribution >= 0.6 is 0 Å². The fourth-order valence-electron chi connectivity index (χ4n) is 1.72. The highest BCUT2D eigenvalue weighted by Gasteiger charge is 2.04. The van der Waals surface area contributed by atoms with Crippen LogP contribution in [0.4, 0.5) is 11.4 Å². The van der Waals surface area contributed by atoms with E-state index < -0.39 is 0 Å². The van der Waals surface area contributed by atoms with Gasteiger partial charge in [0.2, 0.25) is 0 Å². The molecule has 6 heteroatoms. The fraction of sp³-hybridized carbons (Fsp3) is 0.200. The second-order valence-corrected chi connectivity index (χ2v) is 4.50. The van der Waals surface area contributed by atoms with Crippen molar-refractivity contribution in [2.45, 2.75) is 6.42 Å². The molecule has 0 aliphatic carbocycles. The average Bonchev–Trinajstić information content (AvgIpc) is 2.45. The molecule has 0 bridgehead atoms. The normalized spacial score (nSPS) is 10.3. The number of hydrogen-bond acceptors (Lipinski definition) is 6. The lowest BCUT2D eigenvalue weighted by molar-refractivity contribution is 0.236. The van der Waals surface area contributed by atoms with Gasteiger partial charge in [0.05, 0.1) is 13.2 Å². The van der Waals surface area contributed by atoms with Gasteiger partial charge < -0.3 is 31.2 Å². The van der Waals surface area contributed by atoms with E-state index in [1.165, 1.54) is 12.1 Å². The number of phenolic OH excluding ortho intramolecular Hbond substituents is 2. The average molecular weight is 290 g/mol. The molecule has 0 saturated heterocycles. The molecule has 6 N–H and O–H groups in total. The third-order valence-corrected chi connectivity index (χ3v) is 2.77. The molecule has 0 amide bonds. The molecule has 0 aliphatic rings. The summed E-state index contributed by atoms with van der Waals surface area (Å²) in [5.41, 5.74) is 12.3. The minimum Gasteiger partial charge on any atom is -0.504 e. The molecular weight excluding hydrogens is 272 g/mol.